The molecule has 2 aromatic carbocycles. The van der Waals surface area contributed by atoms with Crippen molar-refractivity contribution in [2.75, 3.05) is 4.90 Å². The Hall–Kier alpha value is -3.25. The minimum atomic E-state index is 0.0218. The molecular formula is C23H21N3O2S. The van der Waals surface area contributed by atoms with Gasteiger partial charge < -0.3 is 9.42 Å². The maximum Gasteiger partial charge on any atom is 0.227 e. The van der Waals surface area contributed by atoms with Crippen molar-refractivity contribution in [3.63, 3.8) is 0 Å². The zero-order valence-electron chi connectivity index (χ0n) is 16.1. The van der Waals surface area contributed by atoms with Crippen molar-refractivity contribution in [3.05, 3.63) is 89.1 Å². The maximum absolute atomic E-state index is 13.1. The van der Waals surface area contributed by atoms with Crippen molar-refractivity contribution in [3.8, 4) is 10.7 Å². The van der Waals surface area contributed by atoms with E-state index in [1.54, 1.807) is 11.3 Å². The van der Waals surface area contributed by atoms with Gasteiger partial charge in [0.05, 0.1) is 11.4 Å². The lowest BCUT2D eigenvalue weighted by Crippen LogP contribution is -2.30. The Labute approximate surface area is 173 Å². The lowest BCUT2D eigenvalue weighted by Gasteiger charge is -2.23. The van der Waals surface area contributed by atoms with Gasteiger partial charge in [-0.2, -0.15) is 4.98 Å². The third-order valence-electron chi connectivity index (χ3n) is 4.59. The molecule has 146 valence electrons. The van der Waals surface area contributed by atoms with E-state index in [-0.39, 0.29) is 5.91 Å². The fraction of sp³-hybridized carbons (Fsp3) is 0.174. The average Bonchev–Trinajstić information content (AvgIpc) is 3.44. The van der Waals surface area contributed by atoms with E-state index in [4.69, 9.17) is 4.52 Å². The summed E-state index contributed by atoms with van der Waals surface area (Å²) in [7, 11) is 0. The minimum Gasteiger partial charge on any atom is -0.339 e. The molecule has 2 heterocycles. The lowest BCUT2D eigenvalue weighted by atomic mass is 10.1. The number of amides is 1. The van der Waals surface area contributed by atoms with Gasteiger partial charge in [0.25, 0.3) is 0 Å². The molecule has 0 atom stereocenters. The van der Waals surface area contributed by atoms with Gasteiger partial charge in [-0.3, -0.25) is 4.79 Å². The zero-order chi connectivity index (χ0) is 20.1. The molecule has 0 bridgehead atoms. The van der Waals surface area contributed by atoms with Crippen LogP contribution in [0.2, 0.25) is 0 Å². The van der Waals surface area contributed by atoms with Crippen molar-refractivity contribution < 1.29 is 9.32 Å². The monoisotopic (exact) mass is 403 g/mol. The fourth-order valence-electron chi connectivity index (χ4n) is 3.03. The molecule has 1 amide bonds. The highest BCUT2D eigenvalue weighted by atomic mass is 32.1. The summed E-state index contributed by atoms with van der Waals surface area (Å²) in [6.45, 7) is 2.56. The Morgan fingerprint density at radius 2 is 1.83 bits per heavy atom. The number of nitrogens with zero attached hydrogens (tertiary/aromatic N) is 3. The Bertz CT molecular complexity index is 1060. The van der Waals surface area contributed by atoms with E-state index >= 15 is 0 Å². The molecule has 6 heteroatoms. The summed E-state index contributed by atoms with van der Waals surface area (Å²) in [6.07, 6.45) is 0.709. The average molecular weight is 404 g/mol. The van der Waals surface area contributed by atoms with Crippen LogP contribution in [0.1, 0.15) is 23.4 Å². The summed E-state index contributed by atoms with van der Waals surface area (Å²) in [5.74, 6) is 1.07. The van der Waals surface area contributed by atoms with Crippen LogP contribution in [-0.2, 0) is 17.8 Å². The second kappa shape index (κ2) is 8.84. The molecular weight excluding hydrogens is 382 g/mol. The summed E-state index contributed by atoms with van der Waals surface area (Å²) in [4.78, 5) is 20.3. The van der Waals surface area contributed by atoms with Crippen LogP contribution < -0.4 is 4.90 Å². The molecule has 0 aliphatic carbocycles. The standard InChI is InChI=1S/C23H21N3O2S/c1-17-9-11-19(12-10-17)26(16-18-6-3-2-4-7-18)22(27)14-13-21-24-23(25-28-21)20-8-5-15-29-20/h2-12,15H,13-14,16H2,1H3. The summed E-state index contributed by atoms with van der Waals surface area (Å²) in [6, 6.07) is 21.9. The van der Waals surface area contributed by atoms with Crippen molar-refractivity contribution in [1.82, 2.24) is 10.1 Å². The van der Waals surface area contributed by atoms with Gasteiger partial charge in [0.15, 0.2) is 0 Å². The van der Waals surface area contributed by atoms with Gasteiger partial charge in [0.2, 0.25) is 17.6 Å². The minimum absolute atomic E-state index is 0.0218. The number of thiophene rings is 1. The molecule has 0 unspecified atom stereocenters. The number of aromatic nitrogens is 2. The predicted molar refractivity (Wildman–Crippen MR) is 115 cm³/mol. The highest BCUT2D eigenvalue weighted by Gasteiger charge is 2.18. The second-order valence-corrected chi connectivity index (χ2v) is 7.74. The van der Waals surface area contributed by atoms with E-state index in [2.05, 4.69) is 10.1 Å². The number of hydrogen-bond donors (Lipinski definition) is 0. The Morgan fingerprint density at radius 1 is 1.03 bits per heavy atom. The Kier molecular flexibility index (Phi) is 5.81. The summed E-state index contributed by atoms with van der Waals surface area (Å²) in [5.41, 5.74) is 3.13. The highest BCUT2D eigenvalue weighted by Crippen LogP contribution is 2.23. The van der Waals surface area contributed by atoms with Gasteiger partial charge in [-0.25, -0.2) is 0 Å². The van der Waals surface area contributed by atoms with Gasteiger partial charge in [-0.15, -0.1) is 11.3 Å². The smallest absolute Gasteiger partial charge is 0.227 e. The largest absolute Gasteiger partial charge is 0.339 e. The van der Waals surface area contributed by atoms with E-state index in [0.29, 0.717) is 31.1 Å². The first-order chi connectivity index (χ1) is 14.2. The van der Waals surface area contributed by atoms with Crippen LogP contribution in [0.5, 0.6) is 0 Å². The molecule has 29 heavy (non-hydrogen) atoms. The first kappa shape index (κ1) is 19.1. The van der Waals surface area contributed by atoms with E-state index in [0.717, 1.165) is 21.7 Å². The van der Waals surface area contributed by atoms with E-state index in [9.17, 15) is 4.79 Å². The van der Waals surface area contributed by atoms with Gasteiger partial charge in [0, 0.05) is 18.5 Å². The van der Waals surface area contributed by atoms with Crippen LogP contribution in [0.25, 0.3) is 10.7 Å². The van der Waals surface area contributed by atoms with Crippen molar-refractivity contribution in [2.24, 2.45) is 0 Å². The highest BCUT2D eigenvalue weighted by molar-refractivity contribution is 7.13. The van der Waals surface area contributed by atoms with Crippen LogP contribution in [0.15, 0.2) is 76.6 Å². The van der Waals surface area contributed by atoms with Crippen LogP contribution in [0.4, 0.5) is 5.69 Å². The molecule has 0 radical (unpaired) electrons. The number of hydrogen-bond acceptors (Lipinski definition) is 5. The second-order valence-electron chi connectivity index (χ2n) is 6.79. The normalized spacial score (nSPS) is 10.8. The number of aryl methyl sites for hydroxylation is 2. The predicted octanol–water partition coefficient (Wildman–Crippen LogP) is 5.27. The van der Waals surface area contributed by atoms with Gasteiger partial charge in [0.1, 0.15) is 0 Å². The van der Waals surface area contributed by atoms with Crippen LogP contribution in [0.3, 0.4) is 0 Å². The van der Waals surface area contributed by atoms with Crippen molar-refractivity contribution in [2.45, 2.75) is 26.3 Å². The van der Waals surface area contributed by atoms with E-state index in [1.807, 2.05) is 83.9 Å². The fourth-order valence-corrected chi connectivity index (χ4v) is 3.67. The number of carbonyl (C=O) groups is 1. The summed E-state index contributed by atoms with van der Waals surface area (Å²) >= 11 is 1.56. The zero-order valence-corrected chi connectivity index (χ0v) is 16.9. The number of carbonyl (C=O) groups excluding carboxylic acids is 1. The Balaban J connectivity index is 1.48. The molecule has 0 saturated heterocycles. The van der Waals surface area contributed by atoms with E-state index < -0.39 is 0 Å². The molecule has 4 rings (SSSR count). The van der Waals surface area contributed by atoms with E-state index in [1.165, 1.54) is 0 Å². The molecule has 0 spiro atoms. The Morgan fingerprint density at radius 3 is 2.55 bits per heavy atom. The van der Waals surface area contributed by atoms with Crippen LogP contribution in [0, 0.1) is 6.92 Å². The molecule has 0 aliphatic heterocycles. The number of anilines is 1. The number of rotatable bonds is 7. The van der Waals surface area contributed by atoms with Gasteiger partial charge in [-0.05, 0) is 36.1 Å². The lowest BCUT2D eigenvalue weighted by molar-refractivity contribution is -0.118. The summed E-state index contributed by atoms with van der Waals surface area (Å²) in [5, 5.41) is 5.99. The van der Waals surface area contributed by atoms with Gasteiger partial charge in [-0.1, -0.05) is 59.3 Å². The summed E-state index contributed by atoms with van der Waals surface area (Å²) < 4.78 is 5.33. The van der Waals surface area contributed by atoms with Crippen molar-refractivity contribution >= 4 is 22.9 Å². The van der Waals surface area contributed by atoms with Crippen LogP contribution >= 0.6 is 11.3 Å². The third-order valence-corrected chi connectivity index (χ3v) is 5.46. The quantitative estimate of drug-likeness (QED) is 0.422. The molecule has 0 saturated carbocycles. The van der Waals surface area contributed by atoms with Gasteiger partial charge >= 0.3 is 0 Å². The molecule has 0 N–H and O–H groups in total. The molecule has 2 aromatic heterocycles. The maximum atomic E-state index is 13.1. The third kappa shape index (κ3) is 4.78. The topological polar surface area (TPSA) is 59.2 Å². The first-order valence-electron chi connectivity index (χ1n) is 9.46. The SMILES string of the molecule is Cc1ccc(N(Cc2ccccc2)C(=O)CCc2nc(-c3cccs3)no2)cc1. The van der Waals surface area contributed by atoms with Crippen LogP contribution in [-0.4, -0.2) is 16.0 Å². The number of benzene rings is 2. The first-order valence-corrected chi connectivity index (χ1v) is 10.3. The molecule has 5 nitrogen and oxygen atoms in total. The molecule has 4 aromatic rings. The van der Waals surface area contributed by atoms with Crippen molar-refractivity contribution in [1.29, 1.82) is 0 Å². The molecule has 0 aliphatic rings. The molecule has 0 fully saturated rings.